The number of hydrogen-bond donors (Lipinski definition) is 2. The van der Waals surface area contributed by atoms with Crippen LogP contribution >= 0.6 is 11.8 Å². The molecule has 7 nitrogen and oxygen atoms in total. The molecule has 0 aliphatic heterocycles. The molecule has 0 unspecified atom stereocenters. The highest BCUT2D eigenvalue weighted by molar-refractivity contribution is 7.99. The summed E-state index contributed by atoms with van der Waals surface area (Å²) in [5, 5.41) is 3.94. The topological polar surface area (TPSA) is 93.1 Å². The molecule has 27 heavy (non-hydrogen) atoms. The summed E-state index contributed by atoms with van der Waals surface area (Å²) in [7, 11) is 0. The molecule has 2 N–H and O–H groups in total. The van der Waals surface area contributed by atoms with Gasteiger partial charge in [0.2, 0.25) is 5.91 Å². The quantitative estimate of drug-likeness (QED) is 0.440. The van der Waals surface area contributed by atoms with Gasteiger partial charge >= 0.3 is 12.2 Å². The molecule has 0 bridgehead atoms. The first-order chi connectivity index (χ1) is 12.7. The Morgan fingerprint density at radius 3 is 2.67 bits per heavy atom. The predicted octanol–water partition coefficient (Wildman–Crippen LogP) is 2.06. The molecule has 0 saturated carbocycles. The van der Waals surface area contributed by atoms with Crippen molar-refractivity contribution in [3.63, 3.8) is 0 Å². The summed E-state index contributed by atoms with van der Waals surface area (Å²) < 4.78 is 37.4. The lowest BCUT2D eigenvalue weighted by Crippen LogP contribution is -2.44. The van der Waals surface area contributed by atoms with Gasteiger partial charge in [0.05, 0.1) is 16.7 Å². The van der Waals surface area contributed by atoms with Crippen LogP contribution in [0.2, 0.25) is 0 Å². The van der Waals surface area contributed by atoms with E-state index in [1.54, 1.807) is 29.6 Å². The van der Waals surface area contributed by atoms with E-state index in [1.165, 1.54) is 16.0 Å². The molecular formula is C16H15F3N4O3S. The van der Waals surface area contributed by atoms with Crippen LogP contribution in [-0.2, 0) is 11.3 Å². The molecule has 144 valence electrons. The molecule has 1 heterocycles. The number of alkyl halides is 3. The van der Waals surface area contributed by atoms with Crippen LogP contribution in [0.3, 0.4) is 0 Å². The molecule has 0 saturated heterocycles. The van der Waals surface area contributed by atoms with Crippen molar-refractivity contribution in [3.05, 3.63) is 47.3 Å². The Hall–Kier alpha value is -2.82. The molecule has 0 aliphatic rings. The van der Waals surface area contributed by atoms with Crippen LogP contribution in [0.1, 0.15) is 0 Å². The van der Waals surface area contributed by atoms with Crippen molar-refractivity contribution < 1.29 is 22.8 Å². The summed E-state index contributed by atoms with van der Waals surface area (Å²) in [4.78, 5) is 39.9. The molecule has 0 fully saturated rings. The van der Waals surface area contributed by atoms with E-state index in [2.05, 4.69) is 11.6 Å². The fraction of sp³-hybridized carbons (Fsp3) is 0.250. The Labute approximate surface area is 155 Å². The van der Waals surface area contributed by atoms with Crippen LogP contribution in [0.15, 0.2) is 46.9 Å². The number of benzene rings is 1. The molecule has 1 aromatic carbocycles. The Balaban J connectivity index is 2.08. The first kappa shape index (κ1) is 20.5. The minimum Gasteiger partial charge on any atom is -0.329 e. The third-order valence-electron chi connectivity index (χ3n) is 3.17. The van der Waals surface area contributed by atoms with Crippen molar-refractivity contribution in [2.75, 3.05) is 12.3 Å². The smallest absolute Gasteiger partial charge is 0.329 e. The van der Waals surface area contributed by atoms with Crippen LogP contribution < -0.4 is 16.2 Å². The van der Waals surface area contributed by atoms with Gasteiger partial charge in [-0.15, -0.1) is 6.58 Å². The van der Waals surface area contributed by atoms with E-state index in [9.17, 15) is 27.6 Å². The zero-order valence-corrected chi connectivity index (χ0v) is 14.7. The highest BCUT2D eigenvalue weighted by atomic mass is 32.2. The molecule has 11 heteroatoms. The van der Waals surface area contributed by atoms with Gasteiger partial charge in [-0.3, -0.25) is 19.5 Å². The maximum Gasteiger partial charge on any atom is 0.405 e. The van der Waals surface area contributed by atoms with E-state index in [1.807, 2.05) is 0 Å². The van der Waals surface area contributed by atoms with Crippen molar-refractivity contribution in [2.24, 2.45) is 0 Å². The van der Waals surface area contributed by atoms with Gasteiger partial charge in [-0.2, -0.15) is 13.2 Å². The summed E-state index contributed by atoms with van der Waals surface area (Å²) in [5.74, 6) is -1.14. The monoisotopic (exact) mass is 400 g/mol. The van der Waals surface area contributed by atoms with Crippen LogP contribution in [0.5, 0.6) is 0 Å². The van der Waals surface area contributed by atoms with E-state index in [0.29, 0.717) is 10.9 Å². The second-order valence-corrected chi connectivity index (χ2v) is 6.19. The van der Waals surface area contributed by atoms with Gasteiger partial charge in [0.15, 0.2) is 5.16 Å². The van der Waals surface area contributed by atoms with Crippen LogP contribution in [-0.4, -0.2) is 40.0 Å². The third-order valence-corrected chi connectivity index (χ3v) is 4.15. The van der Waals surface area contributed by atoms with Gasteiger partial charge < -0.3 is 5.32 Å². The Kier molecular flexibility index (Phi) is 6.61. The fourth-order valence-corrected chi connectivity index (χ4v) is 2.87. The van der Waals surface area contributed by atoms with Crippen LogP contribution in [0, 0.1) is 0 Å². The van der Waals surface area contributed by atoms with Crippen LogP contribution in [0.4, 0.5) is 18.0 Å². The number of hydrogen-bond acceptors (Lipinski definition) is 5. The molecule has 0 radical (unpaired) electrons. The molecular weight excluding hydrogens is 385 g/mol. The number of aromatic nitrogens is 2. The number of carbonyl (C=O) groups is 2. The van der Waals surface area contributed by atoms with E-state index < -0.39 is 24.7 Å². The molecule has 2 aromatic rings. The average molecular weight is 400 g/mol. The lowest BCUT2D eigenvalue weighted by Gasteiger charge is -2.12. The second kappa shape index (κ2) is 8.71. The number of nitrogens with zero attached hydrogens (tertiary/aromatic N) is 2. The minimum absolute atomic E-state index is 0.159. The number of rotatable bonds is 6. The highest BCUT2D eigenvalue weighted by Gasteiger charge is 2.28. The van der Waals surface area contributed by atoms with E-state index in [0.717, 1.165) is 11.8 Å². The third kappa shape index (κ3) is 5.84. The molecule has 0 atom stereocenters. The van der Waals surface area contributed by atoms with Gasteiger partial charge in [0, 0.05) is 6.54 Å². The van der Waals surface area contributed by atoms with Crippen molar-refractivity contribution in [3.8, 4) is 0 Å². The van der Waals surface area contributed by atoms with E-state index in [4.69, 9.17) is 0 Å². The number of allylic oxidation sites excluding steroid dienone is 1. The van der Waals surface area contributed by atoms with Gasteiger partial charge in [-0.25, -0.2) is 9.78 Å². The maximum absolute atomic E-state index is 12.5. The van der Waals surface area contributed by atoms with Gasteiger partial charge in [0.1, 0.15) is 6.54 Å². The molecule has 0 aliphatic carbocycles. The molecule has 3 amide bonds. The van der Waals surface area contributed by atoms with Crippen molar-refractivity contribution >= 4 is 34.6 Å². The number of para-hydroxylation sites is 1. The lowest BCUT2D eigenvalue weighted by molar-refractivity contribution is -0.124. The van der Waals surface area contributed by atoms with Crippen molar-refractivity contribution in [1.29, 1.82) is 0 Å². The van der Waals surface area contributed by atoms with Crippen LogP contribution in [0.25, 0.3) is 10.9 Å². The first-order valence-electron chi connectivity index (χ1n) is 7.59. The maximum atomic E-state index is 12.5. The van der Waals surface area contributed by atoms with E-state index >= 15 is 0 Å². The number of nitrogens with one attached hydrogen (secondary N) is 2. The molecule has 2 rings (SSSR count). The Morgan fingerprint density at radius 2 is 2.00 bits per heavy atom. The standard InChI is InChI=1S/C16H15F3N4O3S/c1-2-7-23-13(25)10-5-3-4-6-11(10)21-15(23)27-8-12(24)22-14(26)20-9-16(17,18)19/h2-6H,1,7-9H2,(H2,20,22,24,26). The first-order valence-corrected chi connectivity index (χ1v) is 8.57. The molecule has 0 spiro atoms. The van der Waals surface area contributed by atoms with Gasteiger partial charge in [-0.1, -0.05) is 30.0 Å². The van der Waals surface area contributed by atoms with Gasteiger partial charge in [-0.05, 0) is 12.1 Å². The number of fused-ring (bicyclic) bond motifs is 1. The number of thioether (sulfide) groups is 1. The summed E-state index contributed by atoms with van der Waals surface area (Å²) >= 11 is 0.880. The SMILES string of the molecule is C=CCn1c(SCC(=O)NC(=O)NCC(F)(F)F)nc2ccccc2c1=O. The minimum atomic E-state index is -4.58. The Bertz CT molecular complexity index is 927. The molecule has 1 aromatic heterocycles. The Morgan fingerprint density at radius 1 is 1.30 bits per heavy atom. The summed E-state index contributed by atoms with van der Waals surface area (Å²) in [6.07, 6.45) is -3.09. The second-order valence-electron chi connectivity index (χ2n) is 5.25. The van der Waals surface area contributed by atoms with Gasteiger partial charge in [0.25, 0.3) is 5.56 Å². The summed E-state index contributed by atoms with van der Waals surface area (Å²) in [6.45, 7) is 2.18. The number of carbonyl (C=O) groups excluding carboxylic acids is 2. The summed E-state index contributed by atoms with van der Waals surface area (Å²) in [6, 6.07) is 5.41. The summed E-state index contributed by atoms with van der Waals surface area (Å²) in [5.41, 5.74) is 0.125. The fourth-order valence-electron chi connectivity index (χ4n) is 2.07. The van der Waals surface area contributed by atoms with Crippen molar-refractivity contribution in [2.45, 2.75) is 17.9 Å². The van der Waals surface area contributed by atoms with E-state index in [-0.39, 0.29) is 23.0 Å². The number of amides is 3. The largest absolute Gasteiger partial charge is 0.405 e. The lowest BCUT2D eigenvalue weighted by atomic mass is 10.2. The zero-order valence-electron chi connectivity index (χ0n) is 13.9. The predicted molar refractivity (Wildman–Crippen MR) is 94.5 cm³/mol. The zero-order chi connectivity index (χ0) is 20.0. The number of imide groups is 1. The van der Waals surface area contributed by atoms with Crippen molar-refractivity contribution in [1.82, 2.24) is 20.2 Å². The number of halogens is 3. The highest BCUT2D eigenvalue weighted by Crippen LogP contribution is 2.17. The average Bonchev–Trinajstić information content (AvgIpc) is 2.60. The number of urea groups is 1. The normalized spacial score (nSPS) is 11.2.